The molecule has 0 bridgehead atoms. The number of ether oxygens (including phenoxy) is 3. The highest BCUT2D eigenvalue weighted by Gasteiger charge is 2.46. The zero-order chi connectivity index (χ0) is 24.7. The molecule has 8 nitrogen and oxygen atoms in total. The molecule has 34 heavy (non-hydrogen) atoms. The molecule has 0 saturated carbocycles. The van der Waals surface area contributed by atoms with Crippen molar-refractivity contribution in [3.05, 3.63) is 59.2 Å². The Bertz CT molecular complexity index is 1060. The summed E-state index contributed by atoms with van der Waals surface area (Å²) in [5, 5.41) is 20.4. The molecule has 0 radical (unpaired) electrons. The summed E-state index contributed by atoms with van der Waals surface area (Å²) in [4.78, 5) is 27.6. The molecule has 8 heteroatoms. The molecule has 2 aromatic carbocycles. The summed E-state index contributed by atoms with van der Waals surface area (Å²) in [6.07, 6.45) is 0.636. The van der Waals surface area contributed by atoms with E-state index in [9.17, 15) is 14.7 Å². The van der Waals surface area contributed by atoms with Crippen molar-refractivity contribution in [1.82, 2.24) is 4.90 Å². The predicted octanol–water partition coefficient (Wildman–Crippen LogP) is 3.69. The lowest BCUT2D eigenvalue weighted by Gasteiger charge is -2.25. The number of nitrogens with zero attached hydrogens (tertiary/aromatic N) is 1. The fourth-order valence-corrected chi connectivity index (χ4v) is 4.01. The number of carbonyl (C=O) groups is 2. The molecule has 0 aromatic heterocycles. The molecule has 2 N–H and O–H groups in total. The third-order valence-corrected chi connectivity index (χ3v) is 5.36. The zero-order valence-corrected chi connectivity index (χ0v) is 19.7. The molecular weight excluding hydrogens is 438 g/mol. The number of hydrogen-bond acceptors (Lipinski definition) is 7. The van der Waals surface area contributed by atoms with Crippen molar-refractivity contribution in [2.45, 2.75) is 33.2 Å². The van der Waals surface area contributed by atoms with Gasteiger partial charge in [0, 0.05) is 12.6 Å². The van der Waals surface area contributed by atoms with E-state index < -0.39 is 17.7 Å². The maximum atomic E-state index is 13.1. The highest BCUT2D eigenvalue weighted by Crippen LogP contribution is 2.42. The van der Waals surface area contributed by atoms with Crippen molar-refractivity contribution < 1.29 is 34.0 Å². The maximum absolute atomic E-state index is 13.1. The monoisotopic (exact) mass is 469 g/mol. The molecular formula is C26H31NO7. The lowest BCUT2D eigenvalue weighted by molar-refractivity contribution is -0.139. The van der Waals surface area contributed by atoms with E-state index in [4.69, 9.17) is 19.3 Å². The molecule has 0 spiro atoms. The molecule has 1 unspecified atom stereocenters. The Morgan fingerprint density at radius 1 is 0.971 bits per heavy atom. The summed E-state index contributed by atoms with van der Waals surface area (Å²) < 4.78 is 16.8. The van der Waals surface area contributed by atoms with Crippen LogP contribution in [-0.4, -0.2) is 59.8 Å². The van der Waals surface area contributed by atoms with E-state index in [1.54, 1.807) is 42.5 Å². The minimum atomic E-state index is -0.793. The standard InChI is InChI=1S/C26H31NO7/c1-4-12-27-23(17-8-7-9-18(15-17)34-14-13-28)22(25(30)26(27)31)24(29)20-11-10-19(32-5-2)16-21(20)33-6-3/h7-11,15-16,23,28-29H,4-6,12-14H2,1-3H3/b24-22-. The zero-order valence-electron chi connectivity index (χ0n) is 19.7. The quantitative estimate of drug-likeness (QED) is 0.294. The lowest BCUT2D eigenvalue weighted by atomic mass is 9.94. The van der Waals surface area contributed by atoms with E-state index in [2.05, 4.69) is 0 Å². The second-order valence-electron chi connectivity index (χ2n) is 7.66. The van der Waals surface area contributed by atoms with Crippen molar-refractivity contribution in [2.24, 2.45) is 0 Å². The number of rotatable bonds is 11. The van der Waals surface area contributed by atoms with Crippen LogP contribution < -0.4 is 14.2 Å². The van der Waals surface area contributed by atoms with E-state index in [-0.39, 0.29) is 24.5 Å². The van der Waals surface area contributed by atoms with Gasteiger partial charge in [0.2, 0.25) is 0 Å². The van der Waals surface area contributed by atoms with Crippen LogP contribution in [-0.2, 0) is 9.59 Å². The van der Waals surface area contributed by atoms with Crippen LogP contribution in [0.25, 0.3) is 5.76 Å². The fraction of sp³-hybridized carbons (Fsp3) is 0.385. The van der Waals surface area contributed by atoms with Gasteiger partial charge in [-0.3, -0.25) is 9.59 Å². The van der Waals surface area contributed by atoms with Gasteiger partial charge in [-0.15, -0.1) is 0 Å². The third-order valence-electron chi connectivity index (χ3n) is 5.36. The first kappa shape index (κ1) is 25.1. The van der Waals surface area contributed by atoms with Crippen molar-refractivity contribution in [3.8, 4) is 17.2 Å². The minimum absolute atomic E-state index is 0.0112. The Hall–Kier alpha value is -3.52. The summed E-state index contributed by atoms with van der Waals surface area (Å²) in [5.74, 6) is -0.321. The average molecular weight is 470 g/mol. The normalized spacial score (nSPS) is 17.2. The molecule has 1 aliphatic rings. The van der Waals surface area contributed by atoms with Crippen LogP contribution >= 0.6 is 0 Å². The van der Waals surface area contributed by atoms with Gasteiger partial charge in [0.05, 0.1) is 37.0 Å². The second kappa shape index (κ2) is 11.6. The average Bonchev–Trinajstić information content (AvgIpc) is 3.08. The summed E-state index contributed by atoms with van der Waals surface area (Å²) in [6, 6.07) is 11.1. The molecule has 1 aliphatic heterocycles. The summed E-state index contributed by atoms with van der Waals surface area (Å²) in [7, 11) is 0. The molecule has 1 fully saturated rings. The second-order valence-corrected chi connectivity index (χ2v) is 7.66. The van der Waals surface area contributed by atoms with Crippen molar-refractivity contribution >= 4 is 17.4 Å². The molecule has 3 rings (SSSR count). The summed E-state index contributed by atoms with van der Waals surface area (Å²) >= 11 is 0. The number of hydrogen-bond donors (Lipinski definition) is 2. The molecule has 0 aliphatic carbocycles. The van der Waals surface area contributed by atoms with Crippen molar-refractivity contribution in [3.63, 3.8) is 0 Å². The predicted molar refractivity (Wildman–Crippen MR) is 127 cm³/mol. The van der Waals surface area contributed by atoms with Crippen LogP contribution in [0.5, 0.6) is 17.2 Å². The SMILES string of the molecule is CCCN1C(=O)C(=O)/C(=C(\O)c2ccc(OCC)cc2OCC)C1c1cccc(OCCO)c1. The summed E-state index contributed by atoms with van der Waals surface area (Å²) in [6.45, 7) is 6.71. The molecule has 2 aromatic rings. The Morgan fingerprint density at radius 2 is 1.71 bits per heavy atom. The number of likely N-dealkylation sites (tertiary alicyclic amines) is 1. The van der Waals surface area contributed by atoms with E-state index in [0.29, 0.717) is 54.6 Å². The van der Waals surface area contributed by atoms with Gasteiger partial charge in [-0.2, -0.15) is 0 Å². The Balaban J connectivity index is 2.17. The van der Waals surface area contributed by atoms with Gasteiger partial charge in [0.25, 0.3) is 11.7 Å². The van der Waals surface area contributed by atoms with Crippen molar-refractivity contribution in [2.75, 3.05) is 33.0 Å². The number of ketones is 1. The number of Topliss-reactive ketones (excluding diaryl/α,β-unsaturated/α-hetero) is 1. The number of benzene rings is 2. The number of aliphatic hydroxyl groups excluding tert-OH is 2. The van der Waals surface area contributed by atoms with Gasteiger partial charge in [0.15, 0.2) is 0 Å². The fourth-order valence-electron chi connectivity index (χ4n) is 4.01. The highest BCUT2D eigenvalue weighted by atomic mass is 16.5. The molecule has 1 heterocycles. The van der Waals surface area contributed by atoms with Crippen LogP contribution in [0, 0.1) is 0 Å². The first-order valence-electron chi connectivity index (χ1n) is 11.5. The maximum Gasteiger partial charge on any atom is 0.295 e. The Morgan fingerprint density at radius 3 is 2.38 bits per heavy atom. The van der Waals surface area contributed by atoms with Gasteiger partial charge in [0.1, 0.15) is 29.6 Å². The third kappa shape index (κ3) is 5.17. The van der Waals surface area contributed by atoms with E-state index in [1.807, 2.05) is 20.8 Å². The number of aliphatic hydroxyl groups is 2. The Labute approximate surface area is 199 Å². The van der Waals surface area contributed by atoms with Crippen LogP contribution in [0.3, 0.4) is 0 Å². The van der Waals surface area contributed by atoms with Crippen LogP contribution in [0.2, 0.25) is 0 Å². The topological polar surface area (TPSA) is 106 Å². The van der Waals surface area contributed by atoms with E-state index in [0.717, 1.165) is 0 Å². The summed E-state index contributed by atoms with van der Waals surface area (Å²) in [5.41, 5.74) is 0.911. The van der Waals surface area contributed by atoms with Gasteiger partial charge in [-0.1, -0.05) is 19.1 Å². The number of amides is 1. The van der Waals surface area contributed by atoms with Crippen LogP contribution in [0.1, 0.15) is 44.4 Å². The van der Waals surface area contributed by atoms with E-state index in [1.165, 1.54) is 4.90 Å². The molecule has 182 valence electrons. The van der Waals surface area contributed by atoms with E-state index >= 15 is 0 Å². The first-order valence-corrected chi connectivity index (χ1v) is 11.5. The van der Waals surface area contributed by atoms with Gasteiger partial charge >= 0.3 is 0 Å². The molecule has 1 saturated heterocycles. The van der Waals surface area contributed by atoms with Gasteiger partial charge in [-0.05, 0) is 50.1 Å². The number of carbonyl (C=O) groups excluding carboxylic acids is 2. The van der Waals surface area contributed by atoms with Gasteiger partial charge < -0.3 is 29.3 Å². The smallest absolute Gasteiger partial charge is 0.295 e. The first-order chi connectivity index (χ1) is 16.5. The molecule has 1 atom stereocenters. The Kier molecular flexibility index (Phi) is 8.54. The minimum Gasteiger partial charge on any atom is -0.507 e. The van der Waals surface area contributed by atoms with Crippen molar-refractivity contribution in [1.29, 1.82) is 0 Å². The lowest BCUT2D eigenvalue weighted by Crippen LogP contribution is -2.30. The van der Waals surface area contributed by atoms with Gasteiger partial charge in [-0.25, -0.2) is 0 Å². The molecule has 1 amide bonds. The van der Waals surface area contributed by atoms with Crippen LogP contribution in [0.4, 0.5) is 0 Å². The largest absolute Gasteiger partial charge is 0.507 e. The highest BCUT2D eigenvalue weighted by molar-refractivity contribution is 6.46. The van der Waals surface area contributed by atoms with Crippen LogP contribution in [0.15, 0.2) is 48.0 Å².